The minimum Gasteiger partial charge on any atom is -0.378 e. The third-order valence-corrected chi connectivity index (χ3v) is 5.00. The van der Waals surface area contributed by atoms with E-state index in [1.54, 1.807) is 19.9 Å². The average molecular weight is 438 g/mol. The number of amides is 1. The van der Waals surface area contributed by atoms with E-state index in [4.69, 9.17) is 4.74 Å². The number of carbonyl (C=O) groups is 1. The molecule has 0 bridgehead atoms. The minimum atomic E-state index is -4.66. The van der Waals surface area contributed by atoms with Crippen LogP contribution in [0.2, 0.25) is 0 Å². The first-order valence-electron chi connectivity index (χ1n) is 9.56. The SMILES string of the molecule is CC(=Nc1c(C)cc(N2CCOCC2)nc1-c1ccc(C(F)(F)F)cc1F)N(C)C=O. The van der Waals surface area contributed by atoms with Crippen molar-refractivity contribution in [2.24, 2.45) is 4.99 Å². The first-order valence-corrected chi connectivity index (χ1v) is 9.56. The normalized spacial score (nSPS) is 15.2. The van der Waals surface area contributed by atoms with Crippen LogP contribution in [0.15, 0.2) is 29.3 Å². The lowest BCUT2D eigenvalue weighted by Crippen LogP contribution is -2.36. The molecule has 6 nitrogen and oxygen atoms in total. The van der Waals surface area contributed by atoms with E-state index >= 15 is 0 Å². The van der Waals surface area contributed by atoms with E-state index in [9.17, 15) is 22.4 Å². The zero-order valence-electron chi connectivity index (χ0n) is 17.3. The van der Waals surface area contributed by atoms with Crippen LogP contribution in [0.4, 0.5) is 29.1 Å². The Morgan fingerprint density at radius 3 is 2.52 bits per heavy atom. The number of aromatic nitrogens is 1. The summed E-state index contributed by atoms with van der Waals surface area (Å²) in [4.78, 5) is 23.2. The quantitative estimate of drug-likeness (QED) is 0.311. The van der Waals surface area contributed by atoms with Gasteiger partial charge in [-0.3, -0.25) is 4.79 Å². The Labute approximate surface area is 177 Å². The van der Waals surface area contributed by atoms with Crippen LogP contribution < -0.4 is 4.90 Å². The van der Waals surface area contributed by atoms with Crippen molar-refractivity contribution in [3.8, 4) is 11.3 Å². The second-order valence-electron chi connectivity index (χ2n) is 7.16. The van der Waals surface area contributed by atoms with Crippen molar-refractivity contribution in [1.29, 1.82) is 0 Å². The molecule has 1 aliphatic rings. The Kier molecular flexibility index (Phi) is 6.59. The number of anilines is 1. The van der Waals surface area contributed by atoms with E-state index < -0.39 is 17.6 Å². The first-order chi connectivity index (χ1) is 14.6. The molecule has 1 amide bonds. The van der Waals surface area contributed by atoms with Gasteiger partial charge in [-0.2, -0.15) is 13.2 Å². The number of halogens is 4. The summed E-state index contributed by atoms with van der Waals surface area (Å²) in [5.74, 6) is -0.179. The highest BCUT2D eigenvalue weighted by Gasteiger charge is 2.31. The van der Waals surface area contributed by atoms with Crippen molar-refractivity contribution in [2.45, 2.75) is 20.0 Å². The van der Waals surface area contributed by atoms with Gasteiger partial charge in [-0.05, 0) is 43.7 Å². The maximum absolute atomic E-state index is 14.8. The minimum absolute atomic E-state index is 0.103. The Balaban J connectivity index is 2.19. The van der Waals surface area contributed by atoms with Gasteiger partial charge in [0.25, 0.3) is 0 Å². The number of aryl methyl sites for hydroxylation is 1. The largest absolute Gasteiger partial charge is 0.416 e. The number of pyridine rings is 1. The number of benzene rings is 1. The van der Waals surface area contributed by atoms with Crippen LogP contribution in [0.3, 0.4) is 0 Å². The molecule has 1 saturated heterocycles. The number of hydrogen-bond acceptors (Lipinski definition) is 5. The Hall–Kier alpha value is -3.01. The second kappa shape index (κ2) is 9.01. The molecule has 31 heavy (non-hydrogen) atoms. The van der Waals surface area contributed by atoms with Crippen LogP contribution in [-0.4, -0.2) is 55.5 Å². The van der Waals surface area contributed by atoms with Gasteiger partial charge in [-0.1, -0.05) is 0 Å². The molecule has 166 valence electrons. The highest BCUT2D eigenvalue weighted by Crippen LogP contribution is 2.38. The molecule has 0 saturated carbocycles. The summed E-state index contributed by atoms with van der Waals surface area (Å²) >= 11 is 0. The number of aliphatic imine (C=N–C) groups is 1. The lowest BCUT2D eigenvalue weighted by atomic mass is 10.0. The number of morpholine rings is 1. The summed E-state index contributed by atoms with van der Waals surface area (Å²) in [5.41, 5.74) is -0.166. The molecule has 1 aliphatic heterocycles. The molecule has 1 aromatic carbocycles. The molecule has 3 rings (SSSR count). The Morgan fingerprint density at radius 1 is 1.26 bits per heavy atom. The zero-order valence-corrected chi connectivity index (χ0v) is 17.3. The predicted octanol–water partition coefficient (Wildman–Crippen LogP) is 4.19. The van der Waals surface area contributed by atoms with Crippen molar-refractivity contribution in [2.75, 3.05) is 38.3 Å². The van der Waals surface area contributed by atoms with E-state index in [0.717, 1.165) is 12.1 Å². The van der Waals surface area contributed by atoms with E-state index in [1.165, 1.54) is 11.9 Å². The fourth-order valence-corrected chi connectivity index (χ4v) is 3.13. The zero-order chi connectivity index (χ0) is 22.8. The molecule has 0 unspecified atom stereocenters. The van der Waals surface area contributed by atoms with E-state index in [0.29, 0.717) is 56.0 Å². The van der Waals surface area contributed by atoms with Gasteiger partial charge < -0.3 is 14.5 Å². The number of rotatable bonds is 4. The molecule has 1 aromatic heterocycles. The van der Waals surface area contributed by atoms with Gasteiger partial charge in [0.2, 0.25) is 6.41 Å². The fraction of sp³-hybridized carbons (Fsp3) is 0.381. The third kappa shape index (κ3) is 5.01. The van der Waals surface area contributed by atoms with E-state index in [2.05, 4.69) is 9.98 Å². The van der Waals surface area contributed by atoms with Crippen molar-refractivity contribution in [3.05, 3.63) is 41.2 Å². The van der Waals surface area contributed by atoms with Crippen molar-refractivity contribution < 1.29 is 27.1 Å². The predicted molar refractivity (Wildman–Crippen MR) is 109 cm³/mol. The molecule has 2 aromatic rings. The number of hydrogen-bond donors (Lipinski definition) is 0. The first kappa shape index (κ1) is 22.7. The van der Waals surface area contributed by atoms with Gasteiger partial charge in [0.15, 0.2) is 0 Å². The van der Waals surface area contributed by atoms with Crippen LogP contribution in [0.5, 0.6) is 0 Å². The number of carbonyl (C=O) groups excluding carboxylic acids is 1. The van der Waals surface area contributed by atoms with Gasteiger partial charge in [-0.25, -0.2) is 14.4 Å². The lowest BCUT2D eigenvalue weighted by Gasteiger charge is -2.29. The third-order valence-electron chi connectivity index (χ3n) is 5.00. The topological polar surface area (TPSA) is 58.0 Å². The summed E-state index contributed by atoms with van der Waals surface area (Å²) < 4.78 is 59.1. The molecule has 1 fully saturated rings. The van der Waals surface area contributed by atoms with Crippen LogP contribution in [0.1, 0.15) is 18.1 Å². The van der Waals surface area contributed by atoms with Crippen molar-refractivity contribution in [3.63, 3.8) is 0 Å². The molecule has 0 spiro atoms. The molecule has 0 radical (unpaired) electrons. The maximum Gasteiger partial charge on any atom is 0.416 e. The molecular formula is C21H22F4N4O2. The number of ether oxygens (including phenoxy) is 1. The van der Waals surface area contributed by atoms with Gasteiger partial charge >= 0.3 is 6.18 Å². The summed E-state index contributed by atoms with van der Waals surface area (Å²) in [5, 5.41) is 0. The lowest BCUT2D eigenvalue weighted by molar-refractivity contribution is -0.137. The summed E-state index contributed by atoms with van der Waals surface area (Å²) in [6.07, 6.45) is -4.09. The van der Waals surface area contributed by atoms with E-state index in [-0.39, 0.29) is 16.9 Å². The van der Waals surface area contributed by atoms with Gasteiger partial charge in [0, 0.05) is 25.7 Å². The molecule has 10 heteroatoms. The second-order valence-corrected chi connectivity index (χ2v) is 7.16. The van der Waals surface area contributed by atoms with Crippen LogP contribution in [-0.2, 0) is 15.7 Å². The van der Waals surface area contributed by atoms with Crippen LogP contribution in [0, 0.1) is 12.7 Å². The molecule has 0 N–H and O–H groups in total. The molecule has 0 aliphatic carbocycles. The summed E-state index contributed by atoms with van der Waals surface area (Å²) in [6, 6.07) is 4.10. The van der Waals surface area contributed by atoms with Crippen molar-refractivity contribution >= 4 is 23.8 Å². The highest BCUT2D eigenvalue weighted by atomic mass is 19.4. The maximum atomic E-state index is 14.8. The number of nitrogens with zero attached hydrogens (tertiary/aromatic N) is 4. The molecule has 2 heterocycles. The Bertz CT molecular complexity index is 1000. The van der Waals surface area contributed by atoms with Gasteiger partial charge in [-0.15, -0.1) is 0 Å². The molecule has 0 atom stereocenters. The molecular weight excluding hydrogens is 416 g/mol. The average Bonchev–Trinajstić information content (AvgIpc) is 2.74. The smallest absolute Gasteiger partial charge is 0.378 e. The number of amidine groups is 1. The fourth-order valence-electron chi connectivity index (χ4n) is 3.13. The van der Waals surface area contributed by atoms with Crippen molar-refractivity contribution in [1.82, 2.24) is 9.88 Å². The van der Waals surface area contributed by atoms with Crippen LogP contribution >= 0.6 is 0 Å². The summed E-state index contributed by atoms with van der Waals surface area (Å²) in [6.45, 7) is 5.52. The summed E-state index contributed by atoms with van der Waals surface area (Å²) in [7, 11) is 1.51. The highest BCUT2D eigenvalue weighted by molar-refractivity contribution is 5.92. The Morgan fingerprint density at radius 2 is 1.94 bits per heavy atom. The monoisotopic (exact) mass is 438 g/mol. The number of alkyl halides is 3. The van der Waals surface area contributed by atoms with E-state index in [1.807, 2.05) is 4.90 Å². The van der Waals surface area contributed by atoms with Gasteiger partial charge in [0.05, 0.1) is 24.5 Å². The van der Waals surface area contributed by atoms with Gasteiger partial charge in [0.1, 0.15) is 23.2 Å². The van der Waals surface area contributed by atoms with Crippen LogP contribution in [0.25, 0.3) is 11.3 Å². The standard InChI is InChI=1S/C21H22F4N4O2/c1-13-10-18(29-6-8-31-9-7-29)27-20(19(13)26-14(2)28(3)12-30)16-5-4-15(11-17(16)22)21(23,24)25/h4-5,10-12H,6-9H2,1-3H3.